The van der Waals surface area contributed by atoms with Crippen molar-refractivity contribution in [2.24, 2.45) is 5.73 Å². The lowest BCUT2D eigenvalue weighted by molar-refractivity contribution is 0.217. The maximum Gasteiger partial charge on any atom is 0.120 e. The second-order valence-corrected chi connectivity index (χ2v) is 5.63. The van der Waals surface area contributed by atoms with E-state index in [1.165, 1.54) is 17.7 Å². The van der Waals surface area contributed by atoms with Crippen LogP contribution in [0.4, 0.5) is 5.69 Å². The van der Waals surface area contributed by atoms with Gasteiger partial charge in [0.05, 0.1) is 6.10 Å². The first kappa shape index (κ1) is 14.2. The van der Waals surface area contributed by atoms with Crippen LogP contribution in [0.1, 0.15) is 38.7 Å². The van der Waals surface area contributed by atoms with Crippen LogP contribution < -0.4 is 15.4 Å². The predicted molar refractivity (Wildman–Crippen MR) is 81.0 cm³/mol. The molecule has 2 rings (SSSR count). The summed E-state index contributed by atoms with van der Waals surface area (Å²) in [7, 11) is 0. The molecule has 0 radical (unpaired) electrons. The van der Waals surface area contributed by atoms with Crippen LogP contribution in [-0.2, 0) is 0 Å². The third kappa shape index (κ3) is 3.63. The van der Waals surface area contributed by atoms with Crippen molar-refractivity contribution in [3.8, 4) is 5.75 Å². The Labute approximate surface area is 116 Å². The Morgan fingerprint density at radius 2 is 2.26 bits per heavy atom. The number of ether oxygens (including phenoxy) is 1. The summed E-state index contributed by atoms with van der Waals surface area (Å²) in [5.41, 5.74) is 8.63. The van der Waals surface area contributed by atoms with Crippen LogP contribution >= 0.6 is 0 Å². The minimum Gasteiger partial charge on any atom is -0.491 e. The monoisotopic (exact) mass is 262 g/mol. The van der Waals surface area contributed by atoms with Crippen LogP contribution in [0.5, 0.6) is 5.75 Å². The highest BCUT2D eigenvalue weighted by molar-refractivity contribution is 5.56. The van der Waals surface area contributed by atoms with E-state index in [1.807, 2.05) is 0 Å². The number of hydrogen-bond acceptors (Lipinski definition) is 3. The molecule has 0 aliphatic carbocycles. The summed E-state index contributed by atoms with van der Waals surface area (Å²) in [5.74, 6) is 0.969. The van der Waals surface area contributed by atoms with E-state index in [0.29, 0.717) is 6.04 Å². The molecule has 0 amide bonds. The third-order valence-electron chi connectivity index (χ3n) is 3.88. The maximum atomic E-state index is 6.06. The first-order valence-corrected chi connectivity index (χ1v) is 7.38. The van der Waals surface area contributed by atoms with E-state index in [9.17, 15) is 0 Å². The third-order valence-corrected chi connectivity index (χ3v) is 3.88. The molecule has 1 aliphatic rings. The molecular formula is C16H26N2O. The number of piperidine rings is 1. The van der Waals surface area contributed by atoms with E-state index in [-0.39, 0.29) is 6.10 Å². The Kier molecular flexibility index (Phi) is 4.70. The molecule has 2 unspecified atom stereocenters. The summed E-state index contributed by atoms with van der Waals surface area (Å²) in [6, 6.07) is 6.70. The molecule has 2 atom stereocenters. The highest BCUT2D eigenvalue weighted by Gasteiger charge is 2.18. The van der Waals surface area contributed by atoms with Crippen LogP contribution in [0, 0.1) is 6.92 Å². The zero-order valence-electron chi connectivity index (χ0n) is 12.4. The molecule has 3 nitrogen and oxygen atoms in total. The summed E-state index contributed by atoms with van der Waals surface area (Å²) in [5, 5.41) is 0. The normalized spacial score (nSPS) is 21.3. The van der Waals surface area contributed by atoms with Crippen molar-refractivity contribution in [1.29, 1.82) is 0 Å². The number of nitrogens with zero attached hydrogens (tertiary/aromatic N) is 1. The van der Waals surface area contributed by atoms with Crippen molar-refractivity contribution >= 4 is 5.69 Å². The maximum absolute atomic E-state index is 6.06. The summed E-state index contributed by atoms with van der Waals surface area (Å²) in [6.07, 6.45) is 3.63. The van der Waals surface area contributed by atoms with Gasteiger partial charge in [0.15, 0.2) is 0 Å². The molecule has 1 aliphatic heterocycles. The molecule has 2 N–H and O–H groups in total. The van der Waals surface area contributed by atoms with Gasteiger partial charge in [-0.25, -0.2) is 0 Å². The highest BCUT2D eigenvalue weighted by Crippen LogP contribution is 2.27. The number of aryl methyl sites for hydroxylation is 1. The van der Waals surface area contributed by atoms with Crippen molar-refractivity contribution in [3.63, 3.8) is 0 Å². The summed E-state index contributed by atoms with van der Waals surface area (Å²) >= 11 is 0. The SMILES string of the molecule is CCC(C)Oc1ccc(N2CCCC(N)C2)c(C)c1. The minimum atomic E-state index is 0.272. The lowest BCUT2D eigenvalue weighted by Gasteiger charge is -2.33. The molecule has 0 aromatic heterocycles. The summed E-state index contributed by atoms with van der Waals surface area (Å²) in [4.78, 5) is 2.40. The molecule has 19 heavy (non-hydrogen) atoms. The zero-order valence-corrected chi connectivity index (χ0v) is 12.4. The molecule has 3 heteroatoms. The second kappa shape index (κ2) is 6.29. The van der Waals surface area contributed by atoms with Crippen LogP contribution in [0.3, 0.4) is 0 Å². The molecule has 1 fully saturated rings. The van der Waals surface area contributed by atoms with E-state index in [0.717, 1.165) is 31.7 Å². The van der Waals surface area contributed by atoms with Crippen molar-refractivity contribution in [2.75, 3.05) is 18.0 Å². The van der Waals surface area contributed by atoms with Crippen molar-refractivity contribution in [3.05, 3.63) is 23.8 Å². The van der Waals surface area contributed by atoms with Gasteiger partial charge in [0.1, 0.15) is 5.75 Å². The van der Waals surface area contributed by atoms with E-state index in [4.69, 9.17) is 10.5 Å². The van der Waals surface area contributed by atoms with Gasteiger partial charge >= 0.3 is 0 Å². The Morgan fingerprint density at radius 1 is 1.47 bits per heavy atom. The van der Waals surface area contributed by atoms with Crippen molar-refractivity contribution in [1.82, 2.24) is 0 Å². The molecule has 1 aromatic carbocycles. The fourth-order valence-electron chi connectivity index (χ4n) is 2.60. The largest absolute Gasteiger partial charge is 0.491 e. The lowest BCUT2D eigenvalue weighted by Crippen LogP contribution is -2.43. The van der Waals surface area contributed by atoms with E-state index in [2.05, 4.69) is 43.9 Å². The smallest absolute Gasteiger partial charge is 0.120 e. The first-order chi connectivity index (χ1) is 9.10. The van der Waals surface area contributed by atoms with Gasteiger partial charge < -0.3 is 15.4 Å². The van der Waals surface area contributed by atoms with Crippen molar-refractivity contribution in [2.45, 2.75) is 52.2 Å². The fraction of sp³-hybridized carbons (Fsp3) is 0.625. The van der Waals surface area contributed by atoms with Gasteiger partial charge in [0, 0.05) is 24.8 Å². The fourth-order valence-corrected chi connectivity index (χ4v) is 2.60. The Hall–Kier alpha value is -1.22. The van der Waals surface area contributed by atoms with Gasteiger partial charge in [-0.3, -0.25) is 0 Å². The van der Waals surface area contributed by atoms with Gasteiger partial charge in [-0.05, 0) is 56.9 Å². The minimum absolute atomic E-state index is 0.272. The van der Waals surface area contributed by atoms with Gasteiger partial charge in [0.2, 0.25) is 0 Å². The standard InChI is InChI=1S/C16H26N2O/c1-4-13(3)19-15-7-8-16(12(2)10-15)18-9-5-6-14(17)11-18/h7-8,10,13-14H,4-6,9,11,17H2,1-3H3. The van der Waals surface area contributed by atoms with Crippen LogP contribution in [-0.4, -0.2) is 25.2 Å². The van der Waals surface area contributed by atoms with Crippen molar-refractivity contribution < 1.29 is 4.74 Å². The zero-order chi connectivity index (χ0) is 13.8. The second-order valence-electron chi connectivity index (χ2n) is 5.63. The molecule has 0 bridgehead atoms. The number of rotatable bonds is 4. The van der Waals surface area contributed by atoms with Crippen LogP contribution in [0.15, 0.2) is 18.2 Å². The van der Waals surface area contributed by atoms with Gasteiger partial charge in [0.25, 0.3) is 0 Å². The van der Waals surface area contributed by atoms with Crippen LogP contribution in [0.25, 0.3) is 0 Å². The topological polar surface area (TPSA) is 38.5 Å². The summed E-state index contributed by atoms with van der Waals surface area (Å²) < 4.78 is 5.86. The molecule has 0 saturated carbocycles. The molecule has 1 heterocycles. The van der Waals surface area contributed by atoms with E-state index < -0.39 is 0 Å². The number of hydrogen-bond donors (Lipinski definition) is 1. The molecule has 0 spiro atoms. The Bertz CT molecular complexity index is 419. The number of anilines is 1. The molecule has 106 valence electrons. The molecule has 1 saturated heterocycles. The average molecular weight is 262 g/mol. The first-order valence-electron chi connectivity index (χ1n) is 7.38. The highest BCUT2D eigenvalue weighted by atomic mass is 16.5. The lowest BCUT2D eigenvalue weighted by atomic mass is 10.0. The number of nitrogens with two attached hydrogens (primary N) is 1. The van der Waals surface area contributed by atoms with Crippen LogP contribution in [0.2, 0.25) is 0 Å². The number of benzene rings is 1. The average Bonchev–Trinajstić information content (AvgIpc) is 2.38. The van der Waals surface area contributed by atoms with Gasteiger partial charge in [-0.2, -0.15) is 0 Å². The predicted octanol–water partition coefficient (Wildman–Crippen LogP) is 3.10. The Balaban J connectivity index is 2.10. The molecular weight excluding hydrogens is 236 g/mol. The summed E-state index contributed by atoms with van der Waals surface area (Å²) in [6.45, 7) is 8.47. The Morgan fingerprint density at radius 3 is 2.89 bits per heavy atom. The van der Waals surface area contributed by atoms with E-state index in [1.54, 1.807) is 0 Å². The van der Waals surface area contributed by atoms with Gasteiger partial charge in [-0.1, -0.05) is 6.92 Å². The van der Waals surface area contributed by atoms with E-state index >= 15 is 0 Å². The molecule has 1 aromatic rings. The quantitative estimate of drug-likeness (QED) is 0.906. The van der Waals surface area contributed by atoms with Gasteiger partial charge in [-0.15, -0.1) is 0 Å².